The van der Waals surface area contributed by atoms with Gasteiger partial charge in [0.1, 0.15) is 11.8 Å². The topological polar surface area (TPSA) is 118 Å². The van der Waals surface area contributed by atoms with Crippen LogP contribution in [0, 0.1) is 11.3 Å². The number of aliphatic imine (C=N–C) groups is 2. The summed E-state index contributed by atoms with van der Waals surface area (Å²) in [5.41, 5.74) is 10.2. The van der Waals surface area contributed by atoms with Crippen molar-refractivity contribution in [2.45, 2.75) is 0 Å². The van der Waals surface area contributed by atoms with Crippen LogP contribution in [0.1, 0.15) is 0 Å². The first-order valence-corrected chi connectivity index (χ1v) is 2.87. The number of hydrogen-bond donors (Lipinski definition) is 3. The van der Waals surface area contributed by atoms with Crippen LogP contribution in [0.3, 0.4) is 0 Å². The van der Waals surface area contributed by atoms with E-state index in [0.29, 0.717) is 0 Å². The van der Waals surface area contributed by atoms with Crippen molar-refractivity contribution in [2.24, 2.45) is 27.4 Å². The summed E-state index contributed by atoms with van der Waals surface area (Å²) in [5.74, 6) is -1.55. The van der Waals surface area contributed by atoms with E-state index in [4.69, 9.17) is 16.9 Å². The molecular weight excluding hydrogens is 146 g/mol. The molecule has 0 aromatic carbocycles. The number of carbonyl (C=O) groups excluding carboxylic acids is 1. The predicted molar refractivity (Wildman–Crippen MR) is 40.5 cm³/mol. The largest absolute Gasteiger partial charge is 0.386 e. The number of nitrogens with two attached hydrogens (primary N) is 2. The number of primary amides is 1. The summed E-state index contributed by atoms with van der Waals surface area (Å²) in [6.07, 6.45) is 1.22. The molecule has 0 aliphatic carbocycles. The maximum absolute atomic E-state index is 10.6. The monoisotopic (exact) mass is 153 g/mol. The van der Waals surface area contributed by atoms with Gasteiger partial charge in [-0.1, -0.05) is 0 Å². The third-order valence-corrected chi connectivity index (χ3v) is 1.21. The summed E-state index contributed by atoms with van der Waals surface area (Å²) in [7, 11) is 0. The van der Waals surface area contributed by atoms with Crippen LogP contribution < -0.4 is 11.5 Å². The van der Waals surface area contributed by atoms with Gasteiger partial charge >= 0.3 is 0 Å². The molecule has 1 aliphatic heterocycles. The zero-order valence-corrected chi connectivity index (χ0v) is 5.61. The number of nitrogens with one attached hydrogen (secondary N) is 1. The highest BCUT2D eigenvalue weighted by Gasteiger charge is 2.20. The number of guanidine groups is 1. The van der Waals surface area contributed by atoms with Crippen molar-refractivity contribution in [2.75, 3.05) is 0 Å². The molecule has 11 heavy (non-hydrogen) atoms. The van der Waals surface area contributed by atoms with Crippen LogP contribution in [-0.2, 0) is 4.79 Å². The molecule has 5 N–H and O–H groups in total. The molecule has 1 rings (SSSR count). The first-order chi connectivity index (χ1) is 5.11. The van der Waals surface area contributed by atoms with Crippen molar-refractivity contribution in [1.82, 2.24) is 0 Å². The molecule has 0 saturated heterocycles. The van der Waals surface area contributed by atoms with Gasteiger partial charge in [-0.2, -0.15) is 4.99 Å². The van der Waals surface area contributed by atoms with E-state index in [0.717, 1.165) is 0 Å². The molecule has 0 radical (unpaired) electrons. The highest BCUT2D eigenvalue weighted by atomic mass is 16.1. The van der Waals surface area contributed by atoms with Crippen molar-refractivity contribution in [3.63, 3.8) is 0 Å². The van der Waals surface area contributed by atoms with Crippen LogP contribution in [-0.4, -0.2) is 23.9 Å². The van der Waals surface area contributed by atoms with Gasteiger partial charge in [0.2, 0.25) is 11.9 Å². The molecule has 6 nitrogen and oxygen atoms in total. The summed E-state index contributed by atoms with van der Waals surface area (Å²) >= 11 is 0. The van der Waals surface area contributed by atoms with Crippen LogP contribution in [0.5, 0.6) is 0 Å². The lowest BCUT2D eigenvalue weighted by Gasteiger charge is -2.09. The first kappa shape index (κ1) is 7.39. The first-order valence-electron chi connectivity index (χ1n) is 2.87. The lowest BCUT2D eigenvalue weighted by molar-refractivity contribution is -0.118. The third-order valence-electron chi connectivity index (χ3n) is 1.21. The predicted octanol–water partition coefficient (Wildman–Crippen LogP) is -1.54. The number of carbonyl (C=O) groups is 1. The van der Waals surface area contributed by atoms with E-state index in [2.05, 4.69) is 9.98 Å². The molecule has 0 spiro atoms. The van der Waals surface area contributed by atoms with Gasteiger partial charge in [-0.25, -0.2) is 4.99 Å². The smallest absolute Gasteiger partial charge is 0.243 e. The standard InChI is InChI=1S/C5H7N5O/c6-3-2(4(7)11)1-9-5(8)10-3/h1-2H,(H2,7,11)(H3,6,8,10)/t2-/m1/s1. The average molecular weight is 153 g/mol. The Labute approximate surface area is 62.5 Å². The third kappa shape index (κ3) is 1.40. The quantitative estimate of drug-likeness (QED) is 0.423. The Kier molecular flexibility index (Phi) is 1.67. The molecule has 0 fully saturated rings. The Hall–Kier alpha value is -1.72. The summed E-state index contributed by atoms with van der Waals surface area (Å²) in [6, 6.07) is 0. The molecule has 6 heteroatoms. The molecule has 1 heterocycles. The van der Waals surface area contributed by atoms with E-state index < -0.39 is 11.8 Å². The van der Waals surface area contributed by atoms with Gasteiger partial charge in [-0.05, 0) is 0 Å². The summed E-state index contributed by atoms with van der Waals surface area (Å²) in [6.45, 7) is 0. The van der Waals surface area contributed by atoms with Crippen molar-refractivity contribution in [3.05, 3.63) is 0 Å². The summed E-state index contributed by atoms with van der Waals surface area (Å²) < 4.78 is 0. The van der Waals surface area contributed by atoms with Gasteiger partial charge < -0.3 is 11.5 Å². The van der Waals surface area contributed by atoms with Crippen LogP contribution in [0.15, 0.2) is 9.98 Å². The highest BCUT2D eigenvalue weighted by Crippen LogP contribution is 1.98. The minimum Gasteiger partial charge on any atom is -0.386 e. The fourth-order valence-electron chi connectivity index (χ4n) is 0.661. The number of nitrogens with zero attached hydrogens (tertiary/aromatic N) is 2. The van der Waals surface area contributed by atoms with Crippen molar-refractivity contribution in [1.29, 1.82) is 5.41 Å². The summed E-state index contributed by atoms with van der Waals surface area (Å²) in [4.78, 5) is 17.5. The molecule has 0 aromatic heterocycles. The van der Waals surface area contributed by atoms with Crippen molar-refractivity contribution < 1.29 is 4.79 Å². The lowest BCUT2D eigenvalue weighted by Crippen LogP contribution is -2.38. The molecule has 0 saturated carbocycles. The van der Waals surface area contributed by atoms with Gasteiger partial charge in [-0.15, -0.1) is 0 Å². The van der Waals surface area contributed by atoms with E-state index in [1.165, 1.54) is 6.21 Å². The molecule has 1 amide bonds. The van der Waals surface area contributed by atoms with E-state index in [1.54, 1.807) is 0 Å². The van der Waals surface area contributed by atoms with Gasteiger partial charge in [0, 0.05) is 6.21 Å². The number of hydrogen-bond acceptors (Lipinski definition) is 3. The minimum atomic E-state index is -0.760. The zero-order valence-electron chi connectivity index (χ0n) is 5.61. The maximum atomic E-state index is 10.6. The Morgan fingerprint density at radius 1 is 1.73 bits per heavy atom. The van der Waals surface area contributed by atoms with Gasteiger partial charge in [0.05, 0.1) is 0 Å². The normalized spacial score (nSPS) is 23.1. The molecule has 1 aliphatic rings. The zero-order chi connectivity index (χ0) is 8.43. The van der Waals surface area contributed by atoms with Gasteiger partial charge in [0.25, 0.3) is 0 Å². The Balaban J connectivity index is 2.88. The van der Waals surface area contributed by atoms with Crippen LogP contribution in [0.4, 0.5) is 0 Å². The Morgan fingerprint density at radius 2 is 2.36 bits per heavy atom. The summed E-state index contributed by atoms with van der Waals surface area (Å²) in [5, 5.41) is 6.93. The molecule has 0 bridgehead atoms. The van der Waals surface area contributed by atoms with E-state index in [1.807, 2.05) is 0 Å². The van der Waals surface area contributed by atoms with Crippen molar-refractivity contribution >= 4 is 23.9 Å². The molecule has 1 atom stereocenters. The fraction of sp³-hybridized carbons (Fsp3) is 0.200. The Morgan fingerprint density at radius 3 is 2.82 bits per heavy atom. The molecule has 58 valence electrons. The second-order valence-corrected chi connectivity index (χ2v) is 2.02. The van der Waals surface area contributed by atoms with Crippen LogP contribution in [0.25, 0.3) is 0 Å². The molecular formula is C5H7N5O. The number of amides is 1. The van der Waals surface area contributed by atoms with E-state index in [-0.39, 0.29) is 11.8 Å². The van der Waals surface area contributed by atoms with Crippen LogP contribution in [0.2, 0.25) is 0 Å². The Bertz CT molecular complexity index is 266. The second kappa shape index (κ2) is 2.49. The number of amidine groups is 1. The minimum absolute atomic E-state index is 0.0255. The molecule has 0 unspecified atom stereocenters. The van der Waals surface area contributed by atoms with Gasteiger partial charge in [-0.3, -0.25) is 10.2 Å². The fourth-order valence-corrected chi connectivity index (χ4v) is 0.661. The SMILES string of the molecule is N=C1N=C[C@@H](C(N)=O)C(N)=N1. The number of rotatable bonds is 1. The van der Waals surface area contributed by atoms with Gasteiger partial charge in [0.15, 0.2) is 0 Å². The molecule has 0 aromatic rings. The highest BCUT2D eigenvalue weighted by molar-refractivity contribution is 6.20. The average Bonchev–Trinajstić information content (AvgIpc) is 1.85. The lowest BCUT2D eigenvalue weighted by atomic mass is 10.1. The van der Waals surface area contributed by atoms with E-state index in [9.17, 15) is 4.79 Å². The maximum Gasteiger partial charge on any atom is 0.243 e. The van der Waals surface area contributed by atoms with E-state index >= 15 is 0 Å². The second-order valence-electron chi connectivity index (χ2n) is 2.02. The van der Waals surface area contributed by atoms with Crippen LogP contribution >= 0.6 is 0 Å². The van der Waals surface area contributed by atoms with Crippen molar-refractivity contribution in [3.8, 4) is 0 Å².